The van der Waals surface area contributed by atoms with E-state index in [0.717, 1.165) is 48.1 Å². The summed E-state index contributed by atoms with van der Waals surface area (Å²) >= 11 is 0. The van der Waals surface area contributed by atoms with Crippen molar-refractivity contribution in [2.45, 2.75) is 33.1 Å². The molecular formula is C18H21NO2. The normalized spacial score (nSPS) is 17.0. The predicted molar refractivity (Wildman–Crippen MR) is 84.8 cm³/mol. The summed E-state index contributed by atoms with van der Waals surface area (Å²) in [6, 6.07) is 6.38. The highest BCUT2D eigenvalue weighted by atomic mass is 16.3. The van der Waals surface area contributed by atoms with Crippen LogP contribution in [0.1, 0.15) is 29.9 Å². The van der Waals surface area contributed by atoms with Gasteiger partial charge < -0.3 is 14.2 Å². The lowest BCUT2D eigenvalue weighted by molar-refractivity contribution is 0.373. The first-order valence-corrected chi connectivity index (χ1v) is 7.83. The number of furan rings is 2. The molecule has 21 heavy (non-hydrogen) atoms. The zero-order chi connectivity index (χ0) is 14.4. The third-order valence-electron chi connectivity index (χ3n) is 4.61. The van der Waals surface area contributed by atoms with E-state index in [1.807, 2.05) is 13.8 Å². The smallest absolute Gasteiger partial charge is 0.138 e. The Hall–Kier alpha value is -1.74. The van der Waals surface area contributed by atoms with Gasteiger partial charge in [0.1, 0.15) is 22.7 Å². The Morgan fingerprint density at radius 3 is 2.62 bits per heavy atom. The van der Waals surface area contributed by atoms with E-state index in [1.165, 1.54) is 29.2 Å². The fraction of sp³-hybridized carbons (Fsp3) is 0.444. The van der Waals surface area contributed by atoms with Crippen molar-refractivity contribution in [3.63, 3.8) is 0 Å². The molecule has 1 aromatic carbocycles. The average Bonchev–Trinajstić information content (AvgIpc) is 3.01. The molecular weight excluding hydrogens is 262 g/mol. The fourth-order valence-electron chi connectivity index (χ4n) is 3.59. The van der Waals surface area contributed by atoms with E-state index in [1.54, 1.807) is 0 Å². The minimum atomic E-state index is 0.737. The minimum absolute atomic E-state index is 0.737. The second-order valence-electron chi connectivity index (χ2n) is 6.30. The monoisotopic (exact) mass is 283 g/mol. The van der Waals surface area contributed by atoms with Crippen LogP contribution in [0.2, 0.25) is 0 Å². The number of hydrogen-bond acceptors (Lipinski definition) is 3. The Kier molecular flexibility index (Phi) is 3.03. The summed E-state index contributed by atoms with van der Waals surface area (Å²) < 4.78 is 11.9. The number of piperidine rings is 1. The zero-order valence-electron chi connectivity index (χ0n) is 12.7. The van der Waals surface area contributed by atoms with Crippen LogP contribution in [-0.4, -0.2) is 13.1 Å². The van der Waals surface area contributed by atoms with E-state index in [2.05, 4.69) is 23.5 Å². The van der Waals surface area contributed by atoms with Crippen molar-refractivity contribution >= 4 is 21.9 Å². The number of fused-ring (bicyclic) bond motifs is 2. The number of aryl methyl sites for hydroxylation is 2. The van der Waals surface area contributed by atoms with Gasteiger partial charge in [0, 0.05) is 16.3 Å². The number of benzene rings is 1. The van der Waals surface area contributed by atoms with E-state index in [-0.39, 0.29) is 0 Å². The van der Waals surface area contributed by atoms with Gasteiger partial charge in [0.25, 0.3) is 0 Å². The van der Waals surface area contributed by atoms with Gasteiger partial charge in [0.2, 0.25) is 0 Å². The van der Waals surface area contributed by atoms with E-state index >= 15 is 0 Å². The molecule has 1 fully saturated rings. The van der Waals surface area contributed by atoms with Crippen LogP contribution >= 0.6 is 0 Å². The third-order valence-corrected chi connectivity index (χ3v) is 4.61. The molecule has 0 bridgehead atoms. The molecule has 1 aliphatic rings. The van der Waals surface area contributed by atoms with Crippen molar-refractivity contribution in [1.82, 2.24) is 5.32 Å². The van der Waals surface area contributed by atoms with E-state index in [0.29, 0.717) is 0 Å². The average molecular weight is 283 g/mol. The van der Waals surface area contributed by atoms with E-state index in [4.69, 9.17) is 8.83 Å². The molecule has 0 aliphatic carbocycles. The molecule has 2 aromatic heterocycles. The van der Waals surface area contributed by atoms with Gasteiger partial charge in [0.15, 0.2) is 0 Å². The van der Waals surface area contributed by atoms with Gasteiger partial charge in [-0.3, -0.25) is 0 Å². The Balaban J connectivity index is 1.88. The first-order valence-electron chi connectivity index (χ1n) is 7.83. The molecule has 3 heteroatoms. The molecule has 1 saturated heterocycles. The van der Waals surface area contributed by atoms with Gasteiger partial charge in [0.05, 0.1) is 0 Å². The highest BCUT2D eigenvalue weighted by molar-refractivity contribution is 5.98. The van der Waals surface area contributed by atoms with Crippen LogP contribution in [0.15, 0.2) is 27.0 Å². The topological polar surface area (TPSA) is 38.3 Å². The summed E-state index contributed by atoms with van der Waals surface area (Å²) in [4.78, 5) is 0. The molecule has 0 saturated carbocycles. The summed E-state index contributed by atoms with van der Waals surface area (Å²) in [5, 5.41) is 5.84. The summed E-state index contributed by atoms with van der Waals surface area (Å²) in [5.41, 5.74) is 3.38. The molecule has 0 atom stereocenters. The molecule has 1 aliphatic heterocycles. The van der Waals surface area contributed by atoms with E-state index < -0.39 is 0 Å². The molecule has 3 aromatic rings. The van der Waals surface area contributed by atoms with Gasteiger partial charge in [-0.1, -0.05) is 0 Å². The molecule has 0 amide bonds. The van der Waals surface area contributed by atoms with Crippen LogP contribution in [0.5, 0.6) is 0 Å². The molecule has 4 rings (SSSR count). The summed E-state index contributed by atoms with van der Waals surface area (Å²) in [6.45, 7) is 6.29. The standard InChI is InChI=1S/C18H21NO2/c1-11-7-14-10-17-15(8-12(2)20-17)16(18(14)21-11)9-13-3-5-19-6-4-13/h7-8,10,13,19H,3-6,9H2,1-2H3. The number of hydrogen-bond donors (Lipinski definition) is 1. The predicted octanol–water partition coefficient (Wildman–Crippen LogP) is 4.34. The van der Waals surface area contributed by atoms with Gasteiger partial charge in [-0.05, 0) is 70.3 Å². The van der Waals surface area contributed by atoms with E-state index in [9.17, 15) is 0 Å². The Morgan fingerprint density at radius 2 is 1.81 bits per heavy atom. The van der Waals surface area contributed by atoms with Crippen LogP contribution in [0.3, 0.4) is 0 Å². The van der Waals surface area contributed by atoms with Crippen LogP contribution < -0.4 is 5.32 Å². The lowest BCUT2D eigenvalue weighted by atomic mass is 9.89. The summed E-state index contributed by atoms with van der Waals surface area (Å²) in [5.74, 6) is 2.68. The molecule has 3 heterocycles. The first kappa shape index (κ1) is 13.0. The first-order chi connectivity index (χ1) is 10.2. The second-order valence-corrected chi connectivity index (χ2v) is 6.30. The van der Waals surface area contributed by atoms with Gasteiger partial charge in [-0.15, -0.1) is 0 Å². The van der Waals surface area contributed by atoms with Crippen molar-refractivity contribution in [2.75, 3.05) is 13.1 Å². The highest BCUT2D eigenvalue weighted by Crippen LogP contribution is 2.35. The quantitative estimate of drug-likeness (QED) is 0.760. The maximum absolute atomic E-state index is 6.00. The van der Waals surface area contributed by atoms with Gasteiger partial charge >= 0.3 is 0 Å². The van der Waals surface area contributed by atoms with Crippen molar-refractivity contribution in [3.05, 3.63) is 35.3 Å². The number of rotatable bonds is 2. The van der Waals surface area contributed by atoms with Crippen LogP contribution in [-0.2, 0) is 6.42 Å². The Bertz CT molecular complexity index is 736. The third kappa shape index (κ3) is 2.26. The van der Waals surface area contributed by atoms with Crippen LogP contribution in [0, 0.1) is 19.8 Å². The molecule has 0 radical (unpaired) electrons. The molecule has 0 spiro atoms. The van der Waals surface area contributed by atoms with Gasteiger partial charge in [-0.25, -0.2) is 0 Å². The van der Waals surface area contributed by atoms with Crippen LogP contribution in [0.4, 0.5) is 0 Å². The molecule has 3 nitrogen and oxygen atoms in total. The van der Waals surface area contributed by atoms with Crippen molar-refractivity contribution in [1.29, 1.82) is 0 Å². The lowest BCUT2D eigenvalue weighted by Gasteiger charge is -2.22. The maximum Gasteiger partial charge on any atom is 0.138 e. The lowest BCUT2D eigenvalue weighted by Crippen LogP contribution is -2.28. The zero-order valence-corrected chi connectivity index (χ0v) is 12.7. The van der Waals surface area contributed by atoms with Crippen LogP contribution in [0.25, 0.3) is 21.9 Å². The number of nitrogens with one attached hydrogen (secondary N) is 1. The SMILES string of the molecule is Cc1cc2c(CC3CCNCC3)c3oc(C)cc3cc2o1. The van der Waals surface area contributed by atoms with Crippen molar-refractivity contribution in [2.24, 2.45) is 5.92 Å². The largest absolute Gasteiger partial charge is 0.461 e. The minimum Gasteiger partial charge on any atom is -0.461 e. The maximum atomic E-state index is 6.00. The molecule has 110 valence electrons. The molecule has 0 unspecified atom stereocenters. The summed E-state index contributed by atoms with van der Waals surface area (Å²) in [6.07, 6.45) is 3.57. The molecule has 1 N–H and O–H groups in total. The Labute approximate surface area is 124 Å². The van der Waals surface area contributed by atoms with Gasteiger partial charge in [-0.2, -0.15) is 0 Å². The highest BCUT2D eigenvalue weighted by Gasteiger charge is 2.20. The fourth-order valence-corrected chi connectivity index (χ4v) is 3.59. The van der Waals surface area contributed by atoms with Crippen molar-refractivity contribution in [3.8, 4) is 0 Å². The summed E-state index contributed by atoms with van der Waals surface area (Å²) in [7, 11) is 0. The van der Waals surface area contributed by atoms with Crippen molar-refractivity contribution < 1.29 is 8.83 Å². The Morgan fingerprint density at radius 1 is 1.05 bits per heavy atom. The second kappa shape index (κ2) is 4.92.